The van der Waals surface area contributed by atoms with Gasteiger partial charge in [-0.3, -0.25) is 4.90 Å². The lowest BCUT2D eigenvalue weighted by molar-refractivity contribution is -0.0164. The predicted molar refractivity (Wildman–Crippen MR) is 69.1 cm³/mol. The summed E-state index contributed by atoms with van der Waals surface area (Å²) in [6, 6.07) is 4.64. The SMILES string of the molecule is OC1(c2ccc(Cl)cc2F)CCN2CCCCC21. The van der Waals surface area contributed by atoms with Crippen molar-refractivity contribution in [1.82, 2.24) is 4.90 Å². The van der Waals surface area contributed by atoms with Crippen molar-refractivity contribution in [3.63, 3.8) is 0 Å². The van der Waals surface area contributed by atoms with Gasteiger partial charge in [0.1, 0.15) is 11.4 Å². The molecule has 2 fully saturated rings. The Bertz CT molecular complexity index is 467. The Balaban J connectivity index is 1.99. The maximum absolute atomic E-state index is 14.0. The van der Waals surface area contributed by atoms with Crippen molar-refractivity contribution in [3.05, 3.63) is 34.6 Å². The van der Waals surface area contributed by atoms with Crippen LogP contribution in [0.1, 0.15) is 31.2 Å². The minimum Gasteiger partial charge on any atom is -0.383 e. The molecule has 2 heterocycles. The Labute approximate surface area is 111 Å². The van der Waals surface area contributed by atoms with Crippen LogP contribution in [0.5, 0.6) is 0 Å². The summed E-state index contributed by atoms with van der Waals surface area (Å²) >= 11 is 5.77. The van der Waals surface area contributed by atoms with Crippen molar-refractivity contribution >= 4 is 11.6 Å². The Kier molecular flexibility index (Phi) is 3.08. The quantitative estimate of drug-likeness (QED) is 0.847. The van der Waals surface area contributed by atoms with Gasteiger partial charge in [0.2, 0.25) is 0 Å². The van der Waals surface area contributed by atoms with Gasteiger partial charge in [-0.1, -0.05) is 24.1 Å². The highest BCUT2D eigenvalue weighted by Gasteiger charge is 2.48. The summed E-state index contributed by atoms with van der Waals surface area (Å²) < 4.78 is 14.0. The van der Waals surface area contributed by atoms with Crippen LogP contribution >= 0.6 is 11.6 Å². The molecule has 0 spiro atoms. The zero-order valence-corrected chi connectivity index (χ0v) is 11.0. The smallest absolute Gasteiger partial charge is 0.130 e. The first kappa shape index (κ1) is 12.4. The number of nitrogens with zero attached hydrogens (tertiary/aromatic N) is 1. The number of benzene rings is 1. The Morgan fingerprint density at radius 1 is 1.33 bits per heavy atom. The topological polar surface area (TPSA) is 23.5 Å². The van der Waals surface area contributed by atoms with Gasteiger partial charge in [0.15, 0.2) is 0 Å². The van der Waals surface area contributed by atoms with Crippen LogP contribution in [0, 0.1) is 5.82 Å². The van der Waals surface area contributed by atoms with Crippen molar-refractivity contribution in [1.29, 1.82) is 0 Å². The molecule has 0 bridgehead atoms. The summed E-state index contributed by atoms with van der Waals surface area (Å²) in [6.45, 7) is 1.87. The van der Waals surface area contributed by atoms with E-state index in [2.05, 4.69) is 4.90 Å². The lowest BCUT2D eigenvalue weighted by atomic mass is 9.82. The van der Waals surface area contributed by atoms with E-state index in [-0.39, 0.29) is 6.04 Å². The van der Waals surface area contributed by atoms with Gasteiger partial charge in [-0.25, -0.2) is 4.39 Å². The number of rotatable bonds is 1. The minimum absolute atomic E-state index is 0.0573. The van der Waals surface area contributed by atoms with Crippen LogP contribution in [0.25, 0.3) is 0 Å². The Morgan fingerprint density at radius 2 is 2.17 bits per heavy atom. The van der Waals surface area contributed by atoms with Crippen LogP contribution in [0.2, 0.25) is 5.02 Å². The zero-order chi connectivity index (χ0) is 12.8. The second-order valence-corrected chi connectivity index (χ2v) is 5.78. The van der Waals surface area contributed by atoms with E-state index in [4.69, 9.17) is 11.6 Å². The fraction of sp³-hybridized carbons (Fsp3) is 0.571. The third-order valence-electron chi connectivity index (χ3n) is 4.34. The minimum atomic E-state index is -1.05. The first-order valence-electron chi connectivity index (χ1n) is 6.53. The molecule has 1 aromatic carbocycles. The van der Waals surface area contributed by atoms with Crippen molar-refractivity contribution in [2.75, 3.05) is 13.1 Å². The second kappa shape index (κ2) is 4.48. The maximum Gasteiger partial charge on any atom is 0.130 e. The maximum atomic E-state index is 14.0. The zero-order valence-electron chi connectivity index (χ0n) is 10.2. The summed E-state index contributed by atoms with van der Waals surface area (Å²) in [5.74, 6) is -0.391. The average molecular weight is 270 g/mol. The van der Waals surface area contributed by atoms with E-state index in [1.807, 2.05) is 0 Å². The van der Waals surface area contributed by atoms with E-state index >= 15 is 0 Å². The predicted octanol–water partition coefficient (Wildman–Crippen LogP) is 2.92. The Morgan fingerprint density at radius 3 is 2.94 bits per heavy atom. The summed E-state index contributed by atoms with van der Waals surface area (Å²) in [5, 5.41) is 11.3. The molecule has 4 heteroatoms. The van der Waals surface area contributed by atoms with Crippen molar-refractivity contribution in [3.8, 4) is 0 Å². The molecular formula is C14H17ClFNO. The van der Waals surface area contributed by atoms with Gasteiger partial charge in [-0.15, -0.1) is 0 Å². The van der Waals surface area contributed by atoms with E-state index in [9.17, 15) is 9.50 Å². The number of fused-ring (bicyclic) bond motifs is 1. The fourth-order valence-corrected chi connectivity index (χ4v) is 3.59. The monoisotopic (exact) mass is 269 g/mol. The van der Waals surface area contributed by atoms with E-state index in [1.165, 1.54) is 12.5 Å². The third kappa shape index (κ3) is 1.85. The molecule has 0 aromatic heterocycles. The average Bonchev–Trinajstić information content (AvgIpc) is 2.69. The molecule has 0 aliphatic carbocycles. The molecule has 2 aliphatic heterocycles. The number of halogens is 2. The van der Waals surface area contributed by atoms with E-state index in [0.717, 1.165) is 25.9 Å². The molecule has 2 unspecified atom stereocenters. The van der Waals surface area contributed by atoms with Crippen LogP contribution in [-0.4, -0.2) is 29.1 Å². The van der Waals surface area contributed by atoms with Crippen LogP contribution in [0.3, 0.4) is 0 Å². The first-order chi connectivity index (χ1) is 8.61. The molecule has 1 aromatic rings. The lowest BCUT2D eigenvalue weighted by Crippen LogP contribution is -2.45. The molecule has 18 heavy (non-hydrogen) atoms. The van der Waals surface area contributed by atoms with Crippen molar-refractivity contribution in [2.24, 2.45) is 0 Å². The van der Waals surface area contributed by atoms with Gasteiger partial charge in [0.05, 0.1) is 0 Å². The molecule has 0 radical (unpaired) electrons. The Hall–Kier alpha value is -0.640. The summed E-state index contributed by atoms with van der Waals surface area (Å²) in [6.07, 6.45) is 3.84. The van der Waals surface area contributed by atoms with E-state index in [0.29, 0.717) is 17.0 Å². The van der Waals surface area contributed by atoms with Gasteiger partial charge >= 0.3 is 0 Å². The summed E-state index contributed by atoms with van der Waals surface area (Å²) in [5.41, 5.74) is -0.643. The van der Waals surface area contributed by atoms with Gasteiger partial charge < -0.3 is 5.11 Å². The highest BCUT2D eigenvalue weighted by Crippen LogP contribution is 2.43. The second-order valence-electron chi connectivity index (χ2n) is 5.35. The summed E-state index contributed by atoms with van der Waals surface area (Å²) in [4.78, 5) is 2.29. The van der Waals surface area contributed by atoms with E-state index < -0.39 is 11.4 Å². The molecule has 98 valence electrons. The number of hydrogen-bond acceptors (Lipinski definition) is 2. The fourth-order valence-electron chi connectivity index (χ4n) is 3.43. The van der Waals surface area contributed by atoms with Crippen LogP contribution in [0.4, 0.5) is 4.39 Å². The van der Waals surface area contributed by atoms with Crippen LogP contribution < -0.4 is 0 Å². The molecule has 0 amide bonds. The third-order valence-corrected chi connectivity index (χ3v) is 4.58. The molecule has 2 nitrogen and oxygen atoms in total. The molecule has 0 saturated carbocycles. The van der Waals surface area contributed by atoms with E-state index in [1.54, 1.807) is 12.1 Å². The normalized spacial score (nSPS) is 32.5. The first-order valence-corrected chi connectivity index (χ1v) is 6.91. The lowest BCUT2D eigenvalue weighted by Gasteiger charge is -2.37. The van der Waals surface area contributed by atoms with Crippen LogP contribution in [0.15, 0.2) is 18.2 Å². The van der Waals surface area contributed by atoms with Crippen LogP contribution in [-0.2, 0) is 5.60 Å². The molecular weight excluding hydrogens is 253 g/mol. The van der Waals surface area contributed by atoms with Crippen molar-refractivity contribution < 1.29 is 9.50 Å². The number of aliphatic hydroxyl groups is 1. The van der Waals surface area contributed by atoms with Gasteiger partial charge in [0, 0.05) is 23.2 Å². The molecule has 3 rings (SSSR count). The highest BCUT2D eigenvalue weighted by molar-refractivity contribution is 6.30. The number of piperidine rings is 1. The van der Waals surface area contributed by atoms with Gasteiger partial charge in [-0.2, -0.15) is 0 Å². The van der Waals surface area contributed by atoms with Crippen molar-refractivity contribution in [2.45, 2.75) is 37.3 Å². The molecule has 2 aliphatic rings. The highest BCUT2D eigenvalue weighted by atomic mass is 35.5. The largest absolute Gasteiger partial charge is 0.383 e. The summed E-state index contributed by atoms with van der Waals surface area (Å²) in [7, 11) is 0. The standard InChI is InChI=1S/C14H17ClFNO/c15-10-4-5-11(12(16)9-10)14(18)6-8-17-7-2-1-3-13(14)17/h4-5,9,13,18H,1-3,6-8H2. The molecule has 2 atom stereocenters. The molecule has 1 N–H and O–H groups in total. The van der Waals surface area contributed by atoms with Gasteiger partial charge in [-0.05, 0) is 37.9 Å². The van der Waals surface area contributed by atoms with Gasteiger partial charge in [0.25, 0.3) is 0 Å². The molecule has 2 saturated heterocycles. The number of hydrogen-bond donors (Lipinski definition) is 1.